The fraction of sp³-hybridized carbons (Fsp3) is 0.100. The highest BCUT2D eigenvalue weighted by Crippen LogP contribution is 2.28. The zero-order valence-corrected chi connectivity index (χ0v) is 16.1. The molecule has 0 saturated heterocycles. The van der Waals surface area contributed by atoms with Crippen molar-refractivity contribution in [1.82, 2.24) is 10.3 Å². The van der Waals surface area contributed by atoms with E-state index >= 15 is 0 Å². The van der Waals surface area contributed by atoms with E-state index < -0.39 is 34.9 Å². The van der Waals surface area contributed by atoms with E-state index in [0.29, 0.717) is 27.2 Å². The van der Waals surface area contributed by atoms with Crippen molar-refractivity contribution < 1.29 is 18.0 Å². The van der Waals surface area contributed by atoms with Crippen molar-refractivity contribution in [3.05, 3.63) is 103 Å². The molecule has 3 rings (SSSR count). The Hall–Kier alpha value is -2.77. The summed E-state index contributed by atoms with van der Waals surface area (Å²) in [4.78, 5) is 26.4. The number of hydrogen-bond acceptors (Lipinski definition) is 2. The van der Waals surface area contributed by atoms with Crippen molar-refractivity contribution in [2.45, 2.75) is 12.2 Å². The first-order valence-electron chi connectivity index (χ1n) is 8.27. The summed E-state index contributed by atoms with van der Waals surface area (Å²) in [6.45, 7) is 0. The first kappa shape index (κ1) is 21.0. The molecule has 4 nitrogen and oxygen atoms in total. The number of alkyl halides is 3. The molecule has 0 fully saturated rings. The second kappa shape index (κ2) is 8.31. The summed E-state index contributed by atoms with van der Waals surface area (Å²) in [5, 5.41) is 3.52. The molecule has 0 radical (unpaired) electrons. The summed E-state index contributed by atoms with van der Waals surface area (Å²) in [6.07, 6.45) is -4.72. The van der Waals surface area contributed by atoms with Crippen LogP contribution in [0.3, 0.4) is 0 Å². The summed E-state index contributed by atoms with van der Waals surface area (Å²) in [6, 6.07) is 14.1. The van der Waals surface area contributed by atoms with Crippen LogP contribution in [-0.2, 0) is 6.18 Å². The van der Waals surface area contributed by atoms with Gasteiger partial charge in [-0.05, 0) is 47.5 Å². The predicted octanol–water partition coefficient (Wildman–Crippen LogP) is 5.22. The first-order chi connectivity index (χ1) is 13.6. The number of nitrogens with one attached hydrogen (secondary N) is 2. The smallest absolute Gasteiger partial charge is 0.341 e. The molecule has 1 amide bonds. The first-order valence-corrected chi connectivity index (χ1v) is 9.03. The highest BCUT2D eigenvalue weighted by atomic mass is 35.5. The van der Waals surface area contributed by atoms with Gasteiger partial charge in [-0.15, -0.1) is 0 Å². The number of benzene rings is 2. The zero-order chi connectivity index (χ0) is 21.2. The molecule has 0 saturated carbocycles. The van der Waals surface area contributed by atoms with Crippen LogP contribution < -0.4 is 10.9 Å². The highest BCUT2D eigenvalue weighted by molar-refractivity contribution is 6.31. The van der Waals surface area contributed by atoms with Gasteiger partial charge in [-0.1, -0.05) is 47.5 Å². The molecule has 0 spiro atoms. The average Bonchev–Trinajstić information content (AvgIpc) is 2.65. The predicted molar refractivity (Wildman–Crippen MR) is 104 cm³/mol. The molecule has 0 aliphatic heterocycles. The molecule has 1 aromatic heterocycles. The van der Waals surface area contributed by atoms with Crippen molar-refractivity contribution >= 4 is 29.1 Å². The van der Waals surface area contributed by atoms with Crippen molar-refractivity contribution in [1.29, 1.82) is 0 Å². The lowest BCUT2D eigenvalue weighted by atomic mass is 9.98. The van der Waals surface area contributed by atoms with Gasteiger partial charge in [0.2, 0.25) is 0 Å². The summed E-state index contributed by atoms with van der Waals surface area (Å²) in [5.74, 6) is -0.843. The Labute approximate surface area is 173 Å². The number of carbonyl (C=O) groups excluding carboxylic acids is 1. The Morgan fingerprint density at radius 3 is 1.93 bits per heavy atom. The average molecular weight is 441 g/mol. The summed E-state index contributed by atoms with van der Waals surface area (Å²) >= 11 is 12.1. The monoisotopic (exact) mass is 440 g/mol. The highest BCUT2D eigenvalue weighted by Gasteiger charge is 2.32. The summed E-state index contributed by atoms with van der Waals surface area (Å²) < 4.78 is 38.2. The van der Waals surface area contributed by atoms with Crippen LogP contribution in [0.1, 0.15) is 33.2 Å². The molecule has 0 atom stereocenters. The number of aromatic amines is 1. The van der Waals surface area contributed by atoms with Gasteiger partial charge in [0.1, 0.15) is 11.3 Å². The van der Waals surface area contributed by atoms with Crippen LogP contribution in [0.5, 0.6) is 0 Å². The van der Waals surface area contributed by atoms with E-state index in [4.69, 9.17) is 23.2 Å². The van der Waals surface area contributed by atoms with Crippen molar-refractivity contribution in [2.75, 3.05) is 0 Å². The van der Waals surface area contributed by atoms with Gasteiger partial charge in [-0.3, -0.25) is 9.59 Å². The fourth-order valence-corrected chi connectivity index (χ4v) is 3.16. The van der Waals surface area contributed by atoms with Gasteiger partial charge in [0.25, 0.3) is 11.5 Å². The standard InChI is InChI=1S/C20H13Cl2F3N2O2/c21-13-5-1-3-11(9-13)17(12-4-2-6-14(22)10-12)27-19(29)15-7-8-16(20(23,24)25)26-18(15)28/h1-10,17H,(H,26,28)(H,27,29). The Balaban J connectivity index is 1.98. The van der Waals surface area contributed by atoms with Crippen molar-refractivity contribution in [2.24, 2.45) is 0 Å². The van der Waals surface area contributed by atoms with Crippen LogP contribution in [0.2, 0.25) is 10.0 Å². The molecule has 29 heavy (non-hydrogen) atoms. The van der Waals surface area contributed by atoms with E-state index in [0.717, 1.165) is 6.07 Å². The molecule has 0 aliphatic rings. The van der Waals surface area contributed by atoms with Gasteiger partial charge in [-0.25, -0.2) is 0 Å². The third kappa shape index (κ3) is 4.99. The minimum Gasteiger partial charge on any atom is -0.341 e. The molecule has 3 aromatic rings. The fourth-order valence-electron chi connectivity index (χ4n) is 2.76. The van der Waals surface area contributed by atoms with Crippen LogP contribution >= 0.6 is 23.2 Å². The normalized spacial score (nSPS) is 11.5. The largest absolute Gasteiger partial charge is 0.431 e. The molecule has 150 valence electrons. The molecule has 0 unspecified atom stereocenters. The van der Waals surface area contributed by atoms with Gasteiger partial charge in [0.15, 0.2) is 0 Å². The molecule has 9 heteroatoms. The van der Waals surface area contributed by atoms with E-state index in [1.807, 2.05) is 0 Å². The maximum atomic E-state index is 12.7. The van der Waals surface area contributed by atoms with Crippen molar-refractivity contribution in [3.63, 3.8) is 0 Å². The number of aromatic nitrogens is 1. The molecular formula is C20H13Cl2F3N2O2. The van der Waals surface area contributed by atoms with Crippen LogP contribution in [-0.4, -0.2) is 10.9 Å². The Kier molecular flexibility index (Phi) is 6.00. The SMILES string of the molecule is O=C(NC(c1cccc(Cl)c1)c1cccc(Cl)c1)c1ccc(C(F)(F)F)[nH]c1=O. The molecule has 0 bridgehead atoms. The molecular weight excluding hydrogens is 428 g/mol. The Bertz CT molecular complexity index is 1070. The van der Waals surface area contributed by atoms with Crippen LogP contribution in [0.4, 0.5) is 13.2 Å². The van der Waals surface area contributed by atoms with E-state index in [9.17, 15) is 22.8 Å². The second-order valence-electron chi connectivity index (χ2n) is 6.13. The number of pyridine rings is 1. The second-order valence-corrected chi connectivity index (χ2v) is 7.00. The lowest BCUT2D eigenvalue weighted by molar-refractivity contribution is -0.141. The van der Waals surface area contributed by atoms with Gasteiger partial charge < -0.3 is 10.3 Å². The van der Waals surface area contributed by atoms with E-state index in [1.54, 1.807) is 53.5 Å². The van der Waals surface area contributed by atoms with Gasteiger partial charge >= 0.3 is 6.18 Å². The molecule has 1 heterocycles. The topological polar surface area (TPSA) is 62.0 Å². The van der Waals surface area contributed by atoms with E-state index in [2.05, 4.69) is 5.32 Å². The van der Waals surface area contributed by atoms with Gasteiger partial charge in [0, 0.05) is 10.0 Å². The van der Waals surface area contributed by atoms with Crippen LogP contribution in [0, 0.1) is 0 Å². The lowest BCUT2D eigenvalue weighted by Crippen LogP contribution is -2.34. The minimum absolute atomic E-state index is 0.427. The van der Waals surface area contributed by atoms with Crippen LogP contribution in [0.15, 0.2) is 65.5 Å². The molecule has 0 aliphatic carbocycles. The number of amides is 1. The van der Waals surface area contributed by atoms with E-state index in [-0.39, 0.29) is 0 Å². The number of H-pyrrole nitrogens is 1. The molecule has 2 aromatic carbocycles. The number of rotatable bonds is 4. The lowest BCUT2D eigenvalue weighted by Gasteiger charge is -2.20. The third-order valence-electron chi connectivity index (χ3n) is 4.10. The van der Waals surface area contributed by atoms with Crippen molar-refractivity contribution in [3.8, 4) is 0 Å². The summed E-state index contributed by atoms with van der Waals surface area (Å²) in [5.41, 5.74) is -1.62. The number of carbonyl (C=O) groups is 1. The maximum absolute atomic E-state index is 12.7. The molecule has 2 N–H and O–H groups in total. The number of halogens is 5. The quantitative estimate of drug-likeness (QED) is 0.583. The Morgan fingerprint density at radius 2 is 1.48 bits per heavy atom. The van der Waals surface area contributed by atoms with Crippen LogP contribution in [0.25, 0.3) is 0 Å². The summed E-state index contributed by atoms with van der Waals surface area (Å²) in [7, 11) is 0. The van der Waals surface area contributed by atoms with Gasteiger partial charge in [-0.2, -0.15) is 13.2 Å². The van der Waals surface area contributed by atoms with Gasteiger partial charge in [0.05, 0.1) is 6.04 Å². The third-order valence-corrected chi connectivity index (χ3v) is 4.57. The van der Waals surface area contributed by atoms with E-state index in [1.165, 1.54) is 0 Å². The number of hydrogen-bond donors (Lipinski definition) is 2. The Morgan fingerprint density at radius 1 is 0.931 bits per heavy atom. The minimum atomic E-state index is -4.72. The maximum Gasteiger partial charge on any atom is 0.431 e. The zero-order valence-electron chi connectivity index (χ0n) is 14.6.